The topological polar surface area (TPSA) is 34.1 Å². The molecule has 0 aromatic carbocycles. The zero-order chi connectivity index (χ0) is 8.69. The van der Waals surface area contributed by atoms with Gasteiger partial charge >= 0.3 is 0 Å². The van der Waals surface area contributed by atoms with Gasteiger partial charge in [0.05, 0.1) is 6.42 Å². The van der Waals surface area contributed by atoms with E-state index < -0.39 is 0 Å². The van der Waals surface area contributed by atoms with Gasteiger partial charge in [0.15, 0.2) is 0 Å². The molecule has 0 aliphatic rings. The van der Waals surface area contributed by atoms with Crippen molar-refractivity contribution < 1.29 is 9.59 Å². The van der Waals surface area contributed by atoms with Crippen LogP contribution in [-0.4, -0.2) is 11.6 Å². The first-order chi connectivity index (χ1) is 5.20. The summed E-state index contributed by atoms with van der Waals surface area (Å²) in [6.07, 6.45) is 4.48. The molecular formula is C9H11O2. The first-order valence-electron chi connectivity index (χ1n) is 3.33. The molecule has 59 valence electrons. The van der Waals surface area contributed by atoms with Gasteiger partial charge in [0.2, 0.25) is 0 Å². The fraction of sp³-hybridized carbons (Fsp3) is 0.222. The molecule has 0 spiro atoms. The molecule has 0 saturated carbocycles. The molecule has 0 N–H and O–H groups in total. The van der Waals surface area contributed by atoms with Gasteiger partial charge in [-0.1, -0.05) is 12.2 Å². The van der Waals surface area contributed by atoms with Gasteiger partial charge in [0, 0.05) is 12.8 Å². The van der Waals surface area contributed by atoms with Crippen molar-refractivity contribution in [3.05, 3.63) is 31.7 Å². The third-order valence-corrected chi connectivity index (χ3v) is 1.01. The van der Waals surface area contributed by atoms with Crippen LogP contribution in [0.2, 0.25) is 0 Å². The fourth-order valence-corrected chi connectivity index (χ4v) is 0.582. The normalized spacial score (nSPS) is 8.73. The molecule has 0 aromatic rings. The highest BCUT2D eigenvalue weighted by molar-refractivity contribution is 6.11. The quantitative estimate of drug-likeness (QED) is 0.425. The molecule has 0 atom stereocenters. The van der Waals surface area contributed by atoms with Gasteiger partial charge in [0.25, 0.3) is 0 Å². The van der Waals surface area contributed by atoms with Crippen molar-refractivity contribution in [3.63, 3.8) is 0 Å². The SMILES string of the molecule is C=CCC(=O)[CH]C(=O)CC=C. The highest BCUT2D eigenvalue weighted by Crippen LogP contribution is 1.94. The van der Waals surface area contributed by atoms with Crippen LogP contribution in [0.4, 0.5) is 0 Å². The van der Waals surface area contributed by atoms with E-state index in [0.717, 1.165) is 6.42 Å². The van der Waals surface area contributed by atoms with E-state index in [1.807, 2.05) is 0 Å². The molecule has 1 radical (unpaired) electrons. The van der Waals surface area contributed by atoms with Gasteiger partial charge in [-0.15, -0.1) is 13.2 Å². The van der Waals surface area contributed by atoms with Gasteiger partial charge in [0.1, 0.15) is 11.6 Å². The molecule has 0 fully saturated rings. The Morgan fingerprint density at radius 3 is 1.64 bits per heavy atom. The van der Waals surface area contributed by atoms with Crippen LogP contribution in [0, 0.1) is 6.42 Å². The standard InChI is InChI=1S/C9H11O2/c1-3-5-8(10)7-9(11)6-4-2/h3-4,7H,1-2,5-6H2. The molecular weight excluding hydrogens is 140 g/mol. The van der Waals surface area contributed by atoms with Crippen molar-refractivity contribution in [2.75, 3.05) is 0 Å². The summed E-state index contributed by atoms with van der Waals surface area (Å²) in [4.78, 5) is 21.5. The largest absolute Gasteiger partial charge is 0.299 e. The van der Waals surface area contributed by atoms with Crippen molar-refractivity contribution in [2.24, 2.45) is 0 Å². The van der Waals surface area contributed by atoms with Crippen LogP contribution < -0.4 is 0 Å². The number of hydrogen-bond acceptors (Lipinski definition) is 2. The number of carbonyl (C=O) groups is 2. The zero-order valence-electron chi connectivity index (χ0n) is 6.38. The summed E-state index contributed by atoms with van der Waals surface area (Å²) in [5.41, 5.74) is 0. The molecule has 0 bridgehead atoms. The van der Waals surface area contributed by atoms with Crippen molar-refractivity contribution in [1.82, 2.24) is 0 Å². The molecule has 0 rings (SSSR count). The van der Waals surface area contributed by atoms with Gasteiger partial charge in [-0.25, -0.2) is 0 Å². The zero-order valence-corrected chi connectivity index (χ0v) is 6.38. The van der Waals surface area contributed by atoms with E-state index in [9.17, 15) is 9.59 Å². The van der Waals surface area contributed by atoms with Crippen LogP contribution >= 0.6 is 0 Å². The summed E-state index contributed by atoms with van der Waals surface area (Å²) in [7, 11) is 0. The predicted octanol–water partition coefficient (Wildman–Crippen LogP) is 1.48. The van der Waals surface area contributed by atoms with E-state index in [0.29, 0.717) is 0 Å². The number of rotatable bonds is 6. The van der Waals surface area contributed by atoms with Crippen LogP contribution in [0.5, 0.6) is 0 Å². The molecule has 0 saturated heterocycles. The average Bonchev–Trinajstić information content (AvgIpc) is 1.87. The Morgan fingerprint density at radius 1 is 1.00 bits per heavy atom. The van der Waals surface area contributed by atoms with Gasteiger partial charge < -0.3 is 0 Å². The average molecular weight is 151 g/mol. The molecule has 0 heterocycles. The van der Waals surface area contributed by atoms with Crippen molar-refractivity contribution in [1.29, 1.82) is 0 Å². The minimum atomic E-state index is -0.202. The van der Waals surface area contributed by atoms with Crippen molar-refractivity contribution in [2.45, 2.75) is 12.8 Å². The number of Topliss-reactive ketones (excluding diaryl/α,β-unsaturated/α-hetero) is 2. The van der Waals surface area contributed by atoms with E-state index in [-0.39, 0.29) is 24.4 Å². The minimum Gasteiger partial charge on any atom is -0.299 e. The third kappa shape index (κ3) is 5.27. The molecule has 0 aliphatic carbocycles. The molecule has 0 aliphatic heterocycles. The summed E-state index contributed by atoms with van der Waals surface area (Å²) in [5, 5.41) is 0. The van der Waals surface area contributed by atoms with Crippen LogP contribution in [0.3, 0.4) is 0 Å². The van der Waals surface area contributed by atoms with Gasteiger partial charge in [-0.2, -0.15) is 0 Å². The van der Waals surface area contributed by atoms with E-state index in [1.54, 1.807) is 0 Å². The molecule has 0 unspecified atom stereocenters. The van der Waals surface area contributed by atoms with E-state index >= 15 is 0 Å². The van der Waals surface area contributed by atoms with Crippen LogP contribution in [-0.2, 0) is 9.59 Å². The summed E-state index contributed by atoms with van der Waals surface area (Å²) >= 11 is 0. The number of carbonyl (C=O) groups excluding carboxylic acids is 2. The maximum Gasteiger partial charge on any atom is 0.148 e. The summed E-state index contributed by atoms with van der Waals surface area (Å²) in [6.45, 7) is 6.76. The minimum absolute atomic E-state index is 0.202. The third-order valence-electron chi connectivity index (χ3n) is 1.01. The lowest BCUT2D eigenvalue weighted by Gasteiger charge is -1.92. The van der Waals surface area contributed by atoms with Crippen molar-refractivity contribution >= 4 is 11.6 Å². The first-order valence-corrected chi connectivity index (χ1v) is 3.33. The van der Waals surface area contributed by atoms with Crippen molar-refractivity contribution in [3.8, 4) is 0 Å². The maximum absolute atomic E-state index is 10.7. The van der Waals surface area contributed by atoms with Gasteiger partial charge in [-0.3, -0.25) is 9.59 Å². The second-order valence-electron chi connectivity index (χ2n) is 2.06. The van der Waals surface area contributed by atoms with E-state index in [2.05, 4.69) is 13.2 Å². The Kier molecular flexibility index (Phi) is 4.99. The van der Waals surface area contributed by atoms with E-state index in [1.165, 1.54) is 12.2 Å². The molecule has 0 aromatic heterocycles. The van der Waals surface area contributed by atoms with E-state index in [4.69, 9.17) is 0 Å². The number of ketones is 2. The maximum atomic E-state index is 10.7. The Hall–Kier alpha value is -1.18. The monoisotopic (exact) mass is 151 g/mol. The summed E-state index contributed by atoms with van der Waals surface area (Å²) < 4.78 is 0. The van der Waals surface area contributed by atoms with Crippen LogP contribution in [0.1, 0.15) is 12.8 Å². The Balaban J connectivity index is 3.65. The fourth-order valence-electron chi connectivity index (χ4n) is 0.582. The predicted molar refractivity (Wildman–Crippen MR) is 43.9 cm³/mol. The highest BCUT2D eigenvalue weighted by atomic mass is 16.1. The smallest absolute Gasteiger partial charge is 0.148 e. The highest BCUT2D eigenvalue weighted by Gasteiger charge is 2.05. The number of allylic oxidation sites excluding steroid dienone is 2. The van der Waals surface area contributed by atoms with Crippen LogP contribution in [0.25, 0.3) is 0 Å². The molecule has 0 amide bonds. The lowest BCUT2D eigenvalue weighted by atomic mass is 10.1. The Labute approximate surface area is 66.6 Å². The lowest BCUT2D eigenvalue weighted by Crippen LogP contribution is -2.06. The summed E-state index contributed by atoms with van der Waals surface area (Å²) in [5.74, 6) is -0.404. The molecule has 2 heteroatoms. The molecule has 11 heavy (non-hydrogen) atoms. The second-order valence-corrected chi connectivity index (χ2v) is 2.06. The Morgan fingerprint density at radius 2 is 1.36 bits per heavy atom. The second kappa shape index (κ2) is 5.59. The van der Waals surface area contributed by atoms with Gasteiger partial charge in [-0.05, 0) is 0 Å². The Bertz CT molecular complexity index is 160. The number of hydrogen-bond donors (Lipinski definition) is 0. The lowest BCUT2D eigenvalue weighted by molar-refractivity contribution is -0.121. The molecule has 2 nitrogen and oxygen atoms in total. The van der Waals surface area contributed by atoms with Crippen LogP contribution in [0.15, 0.2) is 25.3 Å². The summed E-state index contributed by atoms with van der Waals surface area (Å²) in [6, 6.07) is 0. The first kappa shape index (κ1) is 9.82.